The van der Waals surface area contributed by atoms with E-state index in [0.29, 0.717) is 17.5 Å². The average molecular weight is 360 g/mol. The fraction of sp³-hybridized carbons (Fsp3) is 0.333. The van der Waals surface area contributed by atoms with Gasteiger partial charge in [0.1, 0.15) is 11.6 Å². The zero-order valence-electron chi connectivity index (χ0n) is 11.3. The molecule has 1 nitrogen and oxygen atoms in total. The van der Waals surface area contributed by atoms with Crippen molar-refractivity contribution in [2.24, 2.45) is 0 Å². The van der Waals surface area contributed by atoms with Gasteiger partial charge in [-0.05, 0) is 47.1 Å². The van der Waals surface area contributed by atoms with Gasteiger partial charge in [0.05, 0.1) is 0 Å². The Labute approximate surface area is 130 Å². The first-order chi connectivity index (χ1) is 9.51. The Morgan fingerprint density at radius 3 is 2.60 bits per heavy atom. The molecule has 0 aliphatic rings. The maximum absolute atomic E-state index is 14.0. The number of thiophene rings is 1. The fourth-order valence-electron chi connectivity index (χ4n) is 2.15. The molecule has 1 atom stereocenters. The Morgan fingerprint density at radius 2 is 2.00 bits per heavy atom. The molecule has 108 valence electrons. The third kappa shape index (κ3) is 3.65. The lowest BCUT2D eigenvalue weighted by molar-refractivity contribution is 0.502. The quantitative estimate of drug-likeness (QED) is 0.792. The zero-order valence-corrected chi connectivity index (χ0v) is 13.7. The summed E-state index contributed by atoms with van der Waals surface area (Å²) in [7, 11) is 0. The van der Waals surface area contributed by atoms with Crippen LogP contribution < -0.4 is 5.32 Å². The Balaban J connectivity index is 2.30. The number of benzene rings is 1. The summed E-state index contributed by atoms with van der Waals surface area (Å²) in [5.41, 5.74) is 0.993. The van der Waals surface area contributed by atoms with E-state index in [4.69, 9.17) is 0 Å². The van der Waals surface area contributed by atoms with Gasteiger partial charge in [-0.1, -0.05) is 6.92 Å². The van der Waals surface area contributed by atoms with Crippen molar-refractivity contribution in [1.29, 1.82) is 0 Å². The molecule has 0 bridgehead atoms. The number of aryl methyl sites for hydroxylation is 1. The summed E-state index contributed by atoms with van der Waals surface area (Å²) in [4.78, 5) is 1.16. The van der Waals surface area contributed by atoms with E-state index in [-0.39, 0.29) is 6.04 Å². The lowest BCUT2D eigenvalue weighted by atomic mass is 10.00. The predicted molar refractivity (Wildman–Crippen MR) is 83.2 cm³/mol. The van der Waals surface area contributed by atoms with Crippen LogP contribution in [-0.2, 0) is 6.42 Å². The van der Waals surface area contributed by atoms with E-state index in [2.05, 4.69) is 21.2 Å². The Bertz CT molecular complexity index is 598. The molecule has 0 aliphatic heterocycles. The predicted octanol–water partition coefficient (Wildman–Crippen LogP) is 4.99. The van der Waals surface area contributed by atoms with Gasteiger partial charge in [0.2, 0.25) is 0 Å². The highest BCUT2D eigenvalue weighted by Gasteiger charge is 2.18. The smallest absolute Gasteiger partial charge is 0.130 e. The lowest BCUT2D eigenvalue weighted by Gasteiger charge is -2.19. The van der Waals surface area contributed by atoms with Crippen molar-refractivity contribution < 1.29 is 8.78 Å². The van der Waals surface area contributed by atoms with Crippen LogP contribution in [0.25, 0.3) is 0 Å². The normalized spacial score (nSPS) is 12.7. The van der Waals surface area contributed by atoms with Gasteiger partial charge in [0, 0.05) is 38.8 Å². The van der Waals surface area contributed by atoms with Gasteiger partial charge in [-0.2, -0.15) is 0 Å². The van der Waals surface area contributed by atoms with E-state index in [0.717, 1.165) is 22.0 Å². The summed E-state index contributed by atoms with van der Waals surface area (Å²) >= 11 is 5.05. The van der Waals surface area contributed by atoms with E-state index in [1.165, 1.54) is 0 Å². The van der Waals surface area contributed by atoms with E-state index in [1.54, 1.807) is 24.3 Å². The molecule has 0 fully saturated rings. The Morgan fingerprint density at radius 1 is 1.25 bits per heavy atom. The molecule has 1 aromatic carbocycles. The van der Waals surface area contributed by atoms with Crippen molar-refractivity contribution in [3.8, 4) is 0 Å². The summed E-state index contributed by atoms with van der Waals surface area (Å²) in [5.74, 6) is -0.991. The number of rotatable bonds is 5. The fourth-order valence-corrected chi connectivity index (χ4v) is 3.65. The zero-order chi connectivity index (χ0) is 14.7. The van der Waals surface area contributed by atoms with Crippen molar-refractivity contribution >= 4 is 27.3 Å². The maximum atomic E-state index is 14.0. The minimum Gasteiger partial charge on any atom is -0.310 e. The van der Waals surface area contributed by atoms with Crippen LogP contribution in [0.3, 0.4) is 0 Å². The number of likely N-dealkylation sites (N-methyl/N-ethyl adjacent to an activating group) is 1. The van der Waals surface area contributed by atoms with E-state index >= 15 is 0 Å². The highest BCUT2D eigenvalue weighted by molar-refractivity contribution is 9.10. The molecule has 1 unspecified atom stereocenters. The highest BCUT2D eigenvalue weighted by Crippen LogP contribution is 2.28. The molecule has 1 heterocycles. The van der Waals surface area contributed by atoms with Gasteiger partial charge < -0.3 is 5.32 Å². The molecule has 2 aromatic rings. The van der Waals surface area contributed by atoms with Crippen LogP contribution in [0.2, 0.25) is 0 Å². The first-order valence-electron chi connectivity index (χ1n) is 6.43. The van der Waals surface area contributed by atoms with Gasteiger partial charge in [-0.15, -0.1) is 11.3 Å². The highest BCUT2D eigenvalue weighted by atomic mass is 79.9. The van der Waals surface area contributed by atoms with Crippen molar-refractivity contribution in [2.75, 3.05) is 6.54 Å². The van der Waals surface area contributed by atoms with Gasteiger partial charge >= 0.3 is 0 Å². The Hall–Kier alpha value is -0.780. The molecule has 0 saturated heterocycles. The molecule has 5 heteroatoms. The largest absolute Gasteiger partial charge is 0.310 e. The summed E-state index contributed by atoms with van der Waals surface area (Å²) in [6.07, 6.45) is 0.687. The van der Waals surface area contributed by atoms with Gasteiger partial charge in [0.15, 0.2) is 0 Å². The minimum absolute atomic E-state index is 0.148. The lowest BCUT2D eigenvalue weighted by Crippen LogP contribution is -2.24. The standard InChI is InChI=1S/C15H16BrF2NS/c1-3-19-15(6-11-5-10(16)8-20-11)12-4-9(2)13(17)7-14(12)18/h4-5,7-8,15,19H,3,6H2,1-2H3. The summed E-state index contributed by atoms with van der Waals surface area (Å²) in [5, 5.41) is 5.28. The maximum Gasteiger partial charge on any atom is 0.130 e. The number of hydrogen-bond acceptors (Lipinski definition) is 2. The van der Waals surface area contributed by atoms with Crippen molar-refractivity contribution in [1.82, 2.24) is 5.32 Å². The summed E-state index contributed by atoms with van der Waals surface area (Å²) < 4.78 is 28.4. The molecule has 2 rings (SSSR count). The molecule has 0 radical (unpaired) electrons. The summed E-state index contributed by atoms with van der Waals surface area (Å²) in [6.45, 7) is 4.36. The van der Waals surface area contributed by atoms with E-state index in [1.807, 2.05) is 18.4 Å². The molecule has 0 spiro atoms. The molecule has 0 amide bonds. The molecule has 20 heavy (non-hydrogen) atoms. The van der Waals surface area contributed by atoms with Gasteiger partial charge in [-0.25, -0.2) is 8.78 Å². The second-order valence-corrected chi connectivity index (χ2v) is 6.58. The molecule has 1 aromatic heterocycles. The topological polar surface area (TPSA) is 12.0 Å². The van der Waals surface area contributed by atoms with E-state index in [9.17, 15) is 8.78 Å². The van der Waals surface area contributed by atoms with Gasteiger partial charge in [-0.3, -0.25) is 0 Å². The van der Waals surface area contributed by atoms with Crippen LogP contribution in [-0.4, -0.2) is 6.54 Å². The average Bonchev–Trinajstić information content (AvgIpc) is 2.79. The van der Waals surface area contributed by atoms with Crippen LogP contribution in [0.5, 0.6) is 0 Å². The second kappa shape index (κ2) is 6.78. The monoisotopic (exact) mass is 359 g/mol. The number of halogens is 3. The van der Waals surface area contributed by atoms with Crippen molar-refractivity contribution in [3.05, 3.63) is 55.7 Å². The van der Waals surface area contributed by atoms with Crippen LogP contribution in [0.1, 0.15) is 29.0 Å². The van der Waals surface area contributed by atoms with Crippen LogP contribution in [0.4, 0.5) is 8.78 Å². The summed E-state index contributed by atoms with van der Waals surface area (Å²) in [6, 6.07) is 4.45. The van der Waals surface area contributed by atoms with E-state index < -0.39 is 11.6 Å². The first kappa shape index (κ1) is 15.6. The third-order valence-electron chi connectivity index (χ3n) is 3.13. The SMILES string of the molecule is CCNC(Cc1cc(Br)cs1)c1cc(C)c(F)cc1F. The first-order valence-corrected chi connectivity index (χ1v) is 8.10. The number of hydrogen-bond donors (Lipinski definition) is 1. The van der Waals surface area contributed by atoms with Crippen LogP contribution >= 0.6 is 27.3 Å². The minimum atomic E-state index is -0.500. The second-order valence-electron chi connectivity index (χ2n) is 4.67. The molecular weight excluding hydrogens is 344 g/mol. The van der Waals surface area contributed by atoms with Crippen molar-refractivity contribution in [3.63, 3.8) is 0 Å². The third-order valence-corrected chi connectivity index (χ3v) is 4.85. The molecular formula is C15H16BrF2NS. The van der Waals surface area contributed by atoms with Crippen LogP contribution in [0.15, 0.2) is 28.1 Å². The number of nitrogens with one attached hydrogen (secondary N) is 1. The Kier molecular flexibility index (Phi) is 5.29. The molecule has 1 N–H and O–H groups in total. The molecule has 0 saturated carbocycles. The van der Waals surface area contributed by atoms with Gasteiger partial charge in [0.25, 0.3) is 0 Å². The molecule has 0 aliphatic carbocycles. The van der Waals surface area contributed by atoms with Crippen LogP contribution in [0, 0.1) is 18.6 Å². The van der Waals surface area contributed by atoms with Crippen molar-refractivity contribution in [2.45, 2.75) is 26.3 Å².